The molecule has 0 heterocycles. The normalized spacial score (nSPS) is 10.4. The van der Waals surface area contributed by atoms with Crippen molar-refractivity contribution < 1.29 is 14.3 Å². The summed E-state index contributed by atoms with van der Waals surface area (Å²) in [6, 6.07) is 0. The molecular weight excluding hydrogens is 204 g/mol. The Labute approximate surface area is 89.1 Å². The first-order chi connectivity index (χ1) is 6.66. The molecule has 0 amide bonds. The number of allylic oxidation sites excluding steroid dienone is 1. The molecule has 0 radical (unpaired) electrons. The number of carbonyl (C=O) groups is 2. The maximum absolute atomic E-state index is 10.8. The van der Waals surface area contributed by atoms with Crippen molar-refractivity contribution in [2.45, 2.75) is 32.6 Å². The summed E-state index contributed by atoms with van der Waals surface area (Å²) in [6.07, 6.45) is 5.93. The second kappa shape index (κ2) is 8.75. The van der Waals surface area contributed by atoms with Crippen LogP contribution in [0.3, 0.4) is 0 Å². The Kier molecular flexibility index (Phi) is 8.24. The summed E-state index contributed by atoms with van der Waals surface area (Å²) in [5.74, 6) is -0.319. The van der Waals surface area contributed by atoms with E-state index in [1.165, 1.54) is 6.08 Å². The molecule has 0 aliphatic rings. The Morgan fingerprint density at radius 2 is 2.07 bits per heavy atom. The zero-order valence-corrected chi connectivity index (χ0v) is 9.05. The highest BCUT2D eigenvalue weighted by molar-refractivity contribution is 6.63. The van der Waals surface area contributed by atoms with Gasteiger partial charge >= 0.3 is 5.97 Å². The SMILES string of the molecule is CCOC(=O)/C=C/CCCCC(=O)Cl. The summed E-state index contributed by atoms with van der Waals surface area (Å²) in [6.45, 7) is 2.15. The van der Waals surface area contributed by atoms with E-state index in [0.717, 1.165) is 19.3 Å². The van der Waals surface area contributed by atoms with Gasteiger partial charge in [0.05, 0.1) is 6.61 Å². The van der Waals surface area contributed by atoms with Crippen LogP contribution in [-0.4, -0.2) is 17.8 Å². The molecule has 0 aromatic heterocycles. The molecular formula is C10H15ClO3. The highest BCUT2D eigenvalue weighted by atomic mass is 35.5. The van der Waals surface area contributed by atoms with Gasteiger partial charge in [0.1, 0.15) is 0 Å². The third-order valence-electron chi connectivity index (χ3n) is 1.53. The molecule has 0 aliphatic carbocycles. The van der Waals surface area contributed by atoms with Gasteiger partial charge in [-0.3, -0.25) is 4.79 Å². The van der Waals surface area contributed by atoms with Crippen molar-refractivity contribution in [1.29, 1.82) is 0 Å². The summed E-state index contributed by atoms with van der Waals surface area (Å²) in [7, 11) is 0. The van der Waals surface area contributed by atoms with Gasteiger partial charge in [-0.25, -0.2) is 4.79 Å². The van der Waals surface area contributed by atoms with Crippen LogP contribution in [0.4, 0.5) is 0 Å². The van der Waals surface area contributed by atoms with E-state index < -0.39 is 0 Å². The van der Waals surface area contributed by atoms with E-state index >= 15 is 0 Å². The van der Waals surface area contributed by atoms with Gasteiger partial charge in [-0.2, -0.15) is 0 Å². The zero-order valence-electron chi connectivity index (χ0n) is 8.29. The molecule has 0 fully saturated rings. The Hall–Kier alpha value is -0.830. The predicted molar refractivity (Wildman–Crippen MR) is 55.1 cm³/mol. The van der Waals surface area contributed by atoms with Gasteiger partial charge in [-0.05, 0) is 37.8 Å². The fourth-order valence-corrected chi connectivity index (χ4v) is 1.03. The van der Waals surface area contributed by atoms with Crippen molar-refractivity contribution in [3.63, 3.8) is 0 Å². The van der Waals surface area contributed by atoms with Crippen molar-refractivity contribution in [3.8, 4) is 0 Å². The molecule has 0 spiro atoms. The van der Waals surface area contributed by atoms with Gasteiger partial charge in [0, 0.05) is 12.5 Å². The average molecular weight is 219 g/mol. The number of unbranched alkanes of at least 4 members (excludes halogenated alkanes) is 2. The number of ether oxygens (including phenoxy) is 1. The molecule has 0 rings (SSSR count). The Balaban J connectivity index is 3.35. The van der Waals surface area contributed by atoms with Crippen molar-refractivity contribution in [2.24, 2.45) is 0 Å². The van der Waals surface area contributed by atoms with Crippen LogP contribution in [0.2, 0.25) is 0 Å². The highest BCUT2D eigenvalue weighted by Crippen LogP contribution is 2.03. The van der Waals surface area contributed by atoms with Crippen molar-refractivity contribution >= 4 is 22.8 Å². The van der Waals surface area contributed by atoms with Gasteiger partial charge in [0.2, 0.25) is 5.24 Å². The third kappa shape index (κ3) is 9.26. The number of rotatable bonds is 7. The van der Waals surface area contributed by atoms with E-state index in [0.29, 0.717) is 13.0 Å². The summed E-state index contributed by atoms with van der Waals surface area (Å²) in [5.41, 5.74) is 0. The maximum Gasteiger partial charge on any atom is 0.330 e. The number of carbonyl (C=O) groups excluding carboxylic acids is 2. The van der Waals surface area contributed by atoms with Gasteiger partial charge < -0.3 is 4.74 Å². The quantitative estimate of drug-likeness (QED) is 0.285. The van der Waals surface area contributed by atoms with Gasteiger partial charge in [-0.1, -0.05) is 6.08 Å². The van der Waals surface area contributed by atoms with Crippen LogP contribution in [0.15, 0.2) is 12.2 Å². The first-order valence-electron chi connectivity index (χ1n) is 4.68. The van der Waals surface area contributed by atoms with Gasteiger partial charge in [0.25, 0.3) is 0 Å². The molecule has 0 bridgehead atoms. The molecule has 80 valence electrons. The molecule has 0 saturated heterocycles. The molecule has 0 aromatic rings. The molecule has 0 saturated carbocycles. The maximum atomic E-state index is 10.8. The largest absolute Gasteiger partial charge is 0.463 e. The standard InChI is InChI=1S/C10H15ClO3/c1-2-14-10(13)8-6-4-3-5-7-9(11)12/h6,8H,2-5,7H2,1H3/b8-6+. The summed E-state index contributed by atoms with van der Waals surface area (Å²) in [4.78, 5) is 21.1. The molecule has 14 heavy (non-hydrogen) atoms. The van der Waals surface area contributed by atoms with Crippen molar-refractivity contribution in [3.05, 3.63) is 12.2 Å². The second-order valence-electron chi connectivity index (χ2n) is 2.76. The minimum Gasteiger partial charge on any atom is -0.463 e. The number of halogens is 1. The first kappa shape index (κ1) is 13.2. The number of esters is 1. The Morgan fingerprint density at radius 1 is 1.36 bits per heavy atom. The monoisotopic (exact) mass is 218 g/mol. The van der Waals surface area contributed by atoms with Crippen molar-refractivity contribution in [2.75, 3.05) is 6.61 Å². The highest BCUT2D eigenvalue weighted by Gasteiger charge is 1.95. The van der Waals surface area contributed by atoms with Crippen molar-refractivity contribution in [1.82, 2.24) is 0 Å². The zero-order chi connectivity index (χ0) is 10.8. The minimum absolute atomic E-state index is 0.306. The number of hydrogen-bond acceptors (Lipinski definition) is 3. The van der Waals surface area contributed by atoms with Gasteiger partial charge in [0.15, 0.2) is 0 Å². The molecule has 4 heteroatoms. The van der Waals surface area contributed by atoms with E-state index in [2.05, 4.69) is 4.74 Å². The van der Waals surface area contributed by atoms with E-state index in [1.807, 2.05) is 0 Å². The van der Waals surface area contributed by atoms with Crippen LogP contribution < -0.4 is 0 Å². The molecule has 0 unspecified atom stereocenters. The molecule has 0 aliphatic heterocycles. The second-order valence-corrected chi connectivity index (χ2v) is 3.18. The molecule has 0 aromatic carbocycles. The Bertz CT molecular complexity index is 211. The summed E-state index contributed by atoms with van der Waals surface area (Å²) in [5, 5.41) is -0.306. The van der Waals surface area contributed by atoms with E-state index in [9.17, 15) is 9.59 Å². The van der Waals surface area contributed by atoms with E-state index in [-0.39, 0.29) is 11.2 Å². The third-order valence-corrected chi connectivity index (χ3v) is 1.72. The van der Waals surface area contributed by atoms with Crippen LogP contribution in [0.5, 0.6) is 0 Å². The van der Waals surface area contributed by atoms with Crippen LogP contribution in [0.1, 0.15) is 32.6 Å². The van der Waals surface area contributed by atoms with E-state index in [4.69, 9.17) is 11.6 Å². The fourth-order valence-electron chi connectivity index (χ4n) is 0.896. The van der Waals surface area contributed by atoms with Crippen LogP contribution in [0, 0.1) is 0 Å². The molecule has 0 atom stereocenters. The van der Waals surface area contributed by atoms with Gasteiger partial charge in [-0.15, -0.1) is 0 Å². The summed E-state index contributed by atoms with van der Waals surface area (Å²) < 4.78 is 4.69. The smallest absolute Gasteiger partial charge is 0.330 e. The fraction of sp³-hybridized carbons (Fsp3) is 0.600. The average Bonchev–Trinajstić information content (AvgIpc) is 2.11. The lowest BCUT2D eigenvalue weighted by molar-refractivity contribution is -0.137. The molecule has 0 N–H and O–H groups in total. The van der Waals surface area contributed by atoms with Crippen LogP contribution in [0.25, 0.3) is 0 Å². The van der Waals surface area contributed by atoms with Crippen LogP contribution >= 0.6 is 11.6 Å². The summed E-state index contributed by atoms with van der Waals surface area (Å²) >= 11 is 5.15. The number of hydrogen-bond donors (Lipinski definition) is 0. The first-order valence-corrected chi connectivity index (χ1v) is 5.06. The topological polar surface area (TPSA) is 43.4 Å². The lowest BCUT2D eigenvalue weighted by Gasteiger charge is -1.95. The van der Waals surface area contributed by atoms with E-state index in [1.54, 1.807) is 13.0 Å². The minimum atomic E-state index is -0.319. The lowest BCUT2D eigenvalue weighted by atomic mass is 10.2. The molecule has 3 nitrogen and oxygen atoms in total. The lowest BCUT2D eigenvalue weighted by Crippen LogP contribution is -1.98. The Morgan fingerprint density at radius 3 is 2.64 bits per heavy atom. The predicted octanol–water partition coefficient (Wildman–Crippen LogP) is 2.43. The van der Waals surface area contributed by atoms with Crippen LogP contribution in [-0.2, 0) is 14.3 Å².